The van der Waals surface area contributed by atoms with Gasteiger partial charge in [-0.2, -0.15) is 13.2 Å². The number of alkyl halides is 3. The van der Waals surface area contributed by atoms with E-state index in [2.05, 4.69) is 10.1 Å². The molecule has 0 spiro atoms. The monoisotopic (exact) mass is 279 g/mol. The fraction of sp³-hybridized carbons (Fsp3) is 0.364. The van der Waals surface area contributed by atoms with Gasteiger partial charge in [-0.25, -0.2) is 4.79 Å². The molecule has 19 heavy (non-hydrogen) atoms. The lowest BCUT2D eigenvalue weighted by molar-refractivity contribution is -0.159. The fourth-order valence-electron chi connectivity index (χ4n) is 1.22. The van der Waals surface area contributed by atoms with Crippen LogP contribution in [0.3, 0.4) is 0 Å². The first-order valence-electron chi connectivity index (χ1n) is 5.08. The zero-order chi connectivity index (χ0) is 14.5. The van der Waals surface area contributed by atoms with Crippen LogP contribution in [0.4, 0.5) is 23.7 Å². The van der Waals surface area contributed by atoms with Gasteiger partial charge in [-0.3, -0.25) is 5.32 Å². The molecule has 0 fully saturated rings. The van der Waals surface area contributed by atoms with Crippen molar-refractivity contribution in [1.29, 1.82) is 0 Å². The summed E-state index contributed by atoms with van der Waals surface area (Å²) in [6.45, 7) is -1.65. The summed E-state index contributed by atoms with van der Waals surface area (Å²) in [6.07, 6.45) is -5.76. The molecule has 106 valence electrons. The minimum Gasteiger partial charge on any atom is -0.493 e. The summed E-state index contributed by atoms with van der Waals surface area (Å²) in [7, 11) is 2.83. The Morgan fingerprint density at radius 2 is 1.84 bits per heavy atom. The van der Waals surface area contributed by atoms with Crippen LogP contribution >= 0.6 is 0 Å². The third-order valence-electron chi connectivity index (χ3n) is 2.00. The highest BCUT2D eigenvalue weighted by molar-refractivity contribution is 5.85. The normalized spacial score (nSPS) is 10.8. The number of amides is 1. The molecule has 1 rings (SSSR count). The highest BCUT2D eigenvalue weighted by Crippen LogP contribution is 2.29. The number of nitrogens with one attached hydrogen (secondary N) is 1. The maximum atomic E-state index is 11.8. The molecule has 0 unspecified atom stereocenters. The van der Waals surface area contributed by atoms with Gasteiger partial charge >= 0.3 is 12.3 Å². The number of benzene rings is 1. The van der Waals surface area contributed by atoms with E-state index in [0.29, 0.717) is 11.5 Å². The van der Waals surface area contributed by atoms with Gasteiger partial charge in [0.25, 0.3) is 0 Å². The van der Waals surface area contributed by atoms with Crippen molar-refractivity contribution in [2.24, 2.45) is 0 Å². The number of rotatable bonds is 4. The zero-order valence-electron chi connectivity index (χ0n) is 10.2. The first kappa shape index (κ1) is 14.9. The molecule has 0 saturated carbocycles. The molecule has 5 nitrogen and oxygen atoms in total. The quantitative estimate of drug-likeness (QED) is 0.920. The van der Waals surface area contributed by atoms with Gasteiger partial charge in [0.2, 0.25) is 0 Å². The lowest BCUT2D eigenvalue weighted by atomic mass is 10.3. The van der Waals surface area contributed by atoms with E-state index >= 15 is 0 Å². The van der Waals surface area contributed by atoms with Crippen LogP contribution in [0.1, 0.15) is 0 Å². The van der Waals surface area contributed by atoms with Gasteiger partial charge in [0, 0.05) is 11.8 Å². The third kappa shape index (κ3) is 4.94. The van der Waals surface area contributed by atoms with E-state index in [-0.39, 0.29) is 5.69 Å². The van der Waals surface area contributed by atoms with E-state index in [1.807, 2.05) is 0 Å². The van der Waals surface area contributed by atoms with Crippen molar-refractivity contribution in [1.82, 2.24) is 0 Å². The molecule has 1 aromatic rings. The van der Waals surface area contributed by atoms with Crippen molar-refractivity contribution in [3.8, 4) is 11.5 Å². The number of halogens is 3. The molecule has 0 saturated heterocycles. The van der Waals surface area contributed by atoms with Crippen LogP contribution in [-0.2, 0) is 4.74 Å². The van der Waals surface area contributed by atoms with Gasteiger partial charge in [0.15, 0.2) is 18.1 Å². The van der Waals surface area contributed by atoms with Crippen molar-refractivity contribution in [3.63, 3.8) is 0 Å². The summed E-state index contributed by atoms with van der Waals surface area (Å²) in [6, 6.07) is 4.34. The molecule has 0 radical (unpaired) electrons. The highest BCUT2D eigenvalue weighted by atomic mass is 19.4. The minimum absolute atomic E-state index is 0.227. The summed E-state index contributed by atoms with van der Waals surface area (Å²) < 4.78 is 49.4. The third-order valence-corrected chi connectivity index (χ3v) is 2.00. The molecular weight excluding hydrogens is 267 g/mol. The maximum absolute atomic E-state index is 11.8. The maximum Gasteiger partial charge on any atom is 0.422 e. The van der Waals surface area contributed by atoms with Crippen LogP contribution in [0, 0.1) is 0 Å². The van der Waals surface area contributed by atoms with Crippen molar-refractivity contribution in [2.45, 2.75) is 6.18 Å². The number of anilines is 1. The minimum atomic E-state index is -4.56. The molecule has 1 aromatic carbocycles. The van der Waals surface area contributed by atoms with Gasteiger partial charge in [-0.15, -0.1) is 0 Å². The lowest BCUT2D eigenvalue weighted by Gasteiger charge is -2.11. The summed E-state index contributed by atoms with van der Waals surface area (Å²) in [5.41, 5.74) is 0.227. The van der Waals surface area contributed by atoms with Gasteiger partial charge in [-0.05, 0) is 12.1 Å². The Labute approximate surface area is 107 Å². The Hall–Kier alpha value is -2.12. The second-order valence-electron chi connectivity index (χ2n) is 3.39. The Morgan fingerprint density at radius 1 is 1.21 bits per heavy atom. The lowest BCUT2D eigenvalue weighted by Crippen LogP contribution is -2.23. The van der Waals surface area contributed by atoms with Gasteiger partial charge in [0.05, 0.1) is 14.2 Å². The second kappa shape index (κ2) is 6.17. The largest absolute Gasteiger partial charge is 0.493 e. The zero-order valence-corrected chi connectivity index (χ0v) is 10.2. The molecule has 0 bridgehead atoms. The Morgan fingerprint density at radius 3 is 2.37 bits per heavy atom. The number of carbonyl (C=O) groups excluding carboxylic acids is 1. The van der Waals surface area contributed by atoms with Gasteiger partial charge in [0.1, 0.15) is 0 Å². The van der Waals surface area contributed by atoms with Crippen LogP contribution in [0.15, 0.2) is 18.2 Å². The number of hydrogen-bond donors (Lipinski definition) is 1. The van der Waals surface area contributed by atoms with E-state index in [1.54, 1.807) is 0 Å². The van der Waals surface area contributed by atoms with E-state index in [9.17, 15) is 18.0 Å². The summed E-state index contributed by atoms with van der Waals surface area (Å²) in [4.78, 5) is 11.1. The molecule has 8 heteroatoms. The van der Waals surface area contributed by atoms with Crippen molar-refractivity contribution in [3.05, 3.63) is 18.2 Å². The van der Waals surface area contributed by atoms with Crippen molar-refractivity contribution >= 4 is 11.8 Å². The predicted octanol–water partition coefficient (Wildman–Crippen LogP) is 2.81. The van der Waals surface area contributed by atoms with E-state index in [0.717, 1.165) is 0 Å². The summed E-state index contributed by atoms with van der Waals surface area (Å²) in [5, 5.41) is 2.14. The topological polar surface area (TPSA) is 56.8 Å². The molecule has 0 aliphatic rings. The Balaban J connectivity index is 2.64. The van der Waals surface area contributed by atoms with E-state index < -0.39 is 18.9 Å². The Bertz CT molecular complexity index is 448. The van der Waals surface area contributed by atoms with Crippen LogP contribution in [-0.4, -0.2) is 33.1 Å². The van der Waals surface area contributed by atoms with Gasteiger partial charge in [-0.1, -0.05) is 0 Å². The average molecular weight is 279 g/mol. The van der Waals surface area contributed by atoms with Crippen molar-refractivity contribution in [2.75, 3.05) is 26.1 Å². The summed E-state index contributed by atoms with van der Waals surface area (Å²) in [5.74, 6) is 0.757. The Kier molecular flexibility index (Phi) is 4.85. The number of methoxy groups -OCH3 is 2. The van der Waals surface area contributed by atoms with Crippen molar-refractivity contribution < 1.29 is 32.2 Å². The smallest absolute Gasteiger partial charge is 0.422 e. The number of hydrogen-bond acceptors (Lipinski definition) is 4. The van der Waals surface area contributed by atoms with Crippen LogP contribution in [0.25, 0.3) is 0 Å². The molecule has 1 N–H and O–H groups in total. The average Bonchev–Trinajstić information content (AvgIpc) is 2.35. The van der Waals surface area contributed by atoms with Crippen LogP contribution in [0.5, 0.6) is 11.5 Å². The van der Waals surface area contributed by atoms with Crippen LogP contribution < -0.4 is 14.8 Å². The molecule has 0 aliphatic heterocycles. The fourth-order valence-corrected chi connectivity index (χ4v) is 1.22. The molecule has 0 heterocycles. The highest BCUT2D eigenvalue weighted by Gasteiger charge is 2.29. The molecule has 0 aliphatic carbocycles. The molecule has 1 amide bonds. The van der Waals surface area contributed by atoms with Crippen LogP contribution in [0.2, 0.25) is 0 Å². The molecule has 0 aromatic heterocycles. The number of carbonyl (C=O) groups is 1. The first-order chi connectivity index (χ1) is 8.85. The van der Waals surface area contributed by atoms with Gasteiger partial charge < -0.3 is 14.2 Å². The van der Waals surface area contributed by atoms with E-state index in [4.69, 9.17) is 9.47 Å². The molecule has 0 atom stereocenters. The second-order valence-corrected chi connectivity index (χ2v) is 3.39. The molecular formula is C11H12F3NO4. The van der Waals surface area contributed by atoms with E-state index in [1.165, 1.54) is 32.4 Å². The predicted molar refractivity (Wildman–Crippen MR) is 60.6 cm³/mol. The standard InChI is InChI=1S/C11H12F3NO4/c1-17-8-4-3-7(5-9(8)18-2)15-10(16)19-6-11(12,13)14/h3-5H,6H2,1-2H3,(H,15,16). The first-order valence-corrected chi connectivity index (χ1v) is 5.08. The SMILES string of the molecule is COc1ccc(NC(=O)OCC(F)(F)F)cc1OC. The number of ether oxygens (including phenoxy) is 3. The summed E-state index contributed by atoms with van der Waals surface area (Å²) >= 11 is 0.